The van der Waals surface area contributed by atoms with Crippen LogP contribution in [0.15, 0.2) is 39.9 Å². The molecule has 2 unspecified atom stereocenters. The highest BCUT2D eigenvalue weighted by Crippen LogP contribution is 2.41. The average Bonchev–Trinajstić information content (AvgIpc) is 3.33. The van der Waals surface area contributed by atoms with Crippen LogP contribution in [0.1, 0.15) is 41.8 Å². The van der Waals surface area contributed by atoms with Crippen LogP contribution in [-0.4, -0.2) is 20.2 Å². The maximum absolute atomic E-state index is 6.35. The van der Waals surface area contributed by atoms with Crippen LogP contribution in [0, 0.1) is 5.92 Å². The van der Waals surface area contributed by atoms with Gasteiger partial charge in [0.2, 0.25) is 11.8 Å². The minimum absolute atomic E-state index is 0.0774. The Morgan fingerprint density at radius 3 is 2.86 bits per heavy atom. The van der Waals surface area contributed by atoms with Gasteiger partial charge in [-0.3, -0.25) is 0 Å². The lowest BCUT2D eigenvalue weighted by Gasteiger charge is -2.17. The molecule has 6 nitrogen and oxygen atoms in total. The normalized spacial score (nSPS) is 17.4. The van der Waals surface area contributed by atoms with Gasteiger partial charge in [0.15, 0.2) is 5.16 Å². The molecule has 1 aliphatic carbocycles. The minimum atomic E-state index is -0.0774. The lowest BCUT2D eigenvalue weighted by atomic mass is 9.89. The maximum atomic E-state index is 6.35. The van der Waals surface area contributed by atoms with Crippen LogP contribution in [0.4, 0.5) is 5.82 Å². The zero-order valence-electron chi connectivity index (χ0n) is 16.3. The highest BCUT2D eigenvalue weighted by atomic mass is 32.2. The van der Waals surface area contributed by atoms with E-state index < -0.39 is 0 Å². The van der Waals surface area contributed by atoms with Gasteiger partial charge in [-0.25, -0.2) is 9.97 Å². The predicted molar refractivity (Wildman–Crippen MR) is 117 cm³/mol. The van der Waals surface area contributed by atoms with Crippen molar-refractivity contribution in [3.63, 3.8) is 0 Å². The highest BCUT2D eigenvalue weighted by Gasteiger charge is 2.24. The van der Waals surface area contributed by atoms with Crippen molar-refractivity contribution < 1.29 is 4.42 Å². The zero-order valence-corrected chi connectivity index (χ0v) is 17.9. The number of anilines is 1. The number of nitrogen functional groups attached to an aromatic ring is 1. The van der Waals surface area contributed by atoms with Gasteiger partial charge >= 0.3 is 0 Å². The third-order valence-electron chi connectivity index (χ3n) is 5.25. The van der Waals surface area contributed by atoms with Crippen molar-refractivity contribution in [2.24, 2.45) is 5.92 Å². The highest BCUT2D eigenvalue weighted by molar-refractivity contribution is 7.99. The van der Waals surface area contributed by atoms with Gasteiger partial charge in [-0.1, -0.05) is 36.9 Å². The van der Waals surface area contributed by atoms with Crippen LogP contribution in [0.25, 0.3) is 21.7 Å². The van der Waals surface area contributed by atoms with Crippen LogP contribution in [-0.2, 0) is 12.8 Å². The fourth-order valence-electron chi connectivity index (χ4n) is 3.71. The Bertz CT molecular complexity index is 1170. The van der Waals surface area contributed by atoms with E-state index in [0.29, 0.717) is 22.8 Å². The summed E-state index contributed by atoms with van der Waals surface area (Å²) in [7, 11) is 0. The number of nitrogens with zero attached hydrogens (tertiary/aromatic N) is 4. The van der Waals surface area contributed by atoms with E-state index in [-0.39, 0.29) is 5.25 Å². The molecular formula is C21H21N5OS2. The Balaban J connectivity index is 1.41. The molecule has 2 N–H and O–H groups in total. The van der Waals surface area contributed by atoms with Crippen molar-refractivity contribution in [1.82, 2.24) is 20.2 Å². The first-order valence-electron chi connectivity index (χ1n) is 9.71. The van der Waals surface area contributed by atoms with E-state index in [1.165, 1.54) is 28.6 Å². The average molecular weight is 424 g/mol. The molecule has 0 bridgehead atoms. The number of thioether (sulfide) groups is 1. The van der Waals surface area contributed by atoms with Gasteiger partial charge in [-0.05, 0) is 49.8 Å². The first kappa shape index (κ1) is 18.6. The van der Waals surface area contributed by atoms with Gasteiger partial charge in [0, 0.05) is 10.4 Å². The zero-order chi connectivity index (χ0) is 20.0. The number of benzene rings is 1. The molecule has 0 amide bonds. The van der Waals surface area contributed by atoms with E-state index in [2.05, 4.69) is 22.1 Å². The summed E-state index contributed by atoms with van der Waals surface area (Å²) in [4.78, 5) is 11.8. The Kier molecular flexibility index (Phi) is 4.75. The molecule has 29 heavy (non-hydrogen) atoms. The monoisotopic (exact) mass is 423 g/mol. The Labute approximate surface area is 177 Å². The molecule has 0 radical (unpaired) electrons. The van der Waals surface area contributed by atoms with Crippen molar-refractivity contribution in [3.05, 3.63) is 46.7 Å². The number of aromatic nitrogens is 4. The summed E-state index contributed by atoms with van der Waals surface area (Å²) in [5.74, 6) is 2.36. The van der Waals surface area contributed by atoms with Gasteiger partial charge in [0.25, 0.3) is 0 Å². The summed E-state index contributed by atoms with van der Waals surface area (Å²) < 4.78 is 5.87. The second kappa shape index (κ2) is 7.42. The van der Waals surface area contributed by atoms with E-state index in [4.69, 9.17) is 15.1 Å². The molecular weight excluding hydrogens is 402 g/mol. The van der Waals surface area contributed by atoms with Gasteiger partial charge in [0.05, 0.1) is 10.6 Å². The molecule has 0 aliphatic heterocycles. The number of rotatable bonds is 4. The molecule has 3 aromatic heterocycles. The minimum Gasteiger partial charge on any atom is -0.419 e. The number of fused-ring (bicyclic) bond motifs is 3. The molecule has 0 saturated carbocycles. The standard InChI is InChI=1S/C21H21N5OS2/c1-11-8-9-14-15(10-11)29-20-16(14)17(22)23-21(24-20)28-12(2)18-25-26-19(27-18)13-6-4-3-5-7-13/h3-7,11-12H,8-10H2,1-2H3,(H2,22,23,24). The maximum Gasteiger partial charge on any atom is 0.247 e. The molecule has 8 heteroatoms. The van der Waals surface area contributed by atoms with Gasteiger partial charge < -0.3 is 10.2 Å². The Morgan fingerprint density at radius 1 is 1.21 bits per heavy atom. The van der Waals surface area contributed by atoms with E-state index in [1.807, 2.05) is 37.3 Å². The molecule has 5 rings (SSSR count). The molecule has 1 aliphatic rings. The Morgan fingerprint density at radius 2 is 2.03 bits per heavy atom. The lowest BCUT2D eigenvalue weighted by molar-refractivity contribution is 0.509. The second-order valence-electron chi connectivity index (χ2n) is 7.49. The van der Waals surface area contributed by atoms with Crippen molar-refractivity contribution in [2.45, 2.75) is 43.5 Å². The van der Waals surface area contributed by atoms with Crippen molar-refractivity contribution in [2.75, 3.05) is 5.73 Å². The molecule has 148 valence electrons. The van der Waals surface area contributed by atoms with E-state index in [1.54, 1.807) is 11.3 Å². The smallest absolute Gasteiger partial charge is 0.247 e. The van der Waals surface area contributed by atoms with Gasteiger partial charge in [0.1, 0.15) is 10.6 Å². The fraction of sp³-hybridized carbons (Fsp3) is 0.333. The summed E-state index contributed by atoms with van der Waals surface area (Å²) >= 11 is 3.25. The SMILES string of the molecule is CC1CCc2c(sc3nc(SC(C)c4nnc(-c5ccccc5)o4)nc(N)c23)C1. The number of thiophene rings is 1. The van der Waals surface area contributed by atoms with Crippen molar-refractivity contribution >= 4 is 39.1 Å². The van der Waals surface area contributed by atoms with Crippen LogP contribution in [0.2, 0.25) is 0 Å². The third kappa shape index (κ3) is 3.51. The van der Waals surface area contributed by atoms with Crippen molar-refractivity contribution in [1.29, 1.82) is 0 Å². The summed E-state index contributed by atoms with van der Waals surface area (Å²) in [6, 6.07) is 9.76. The molecule has 2 atom stereocenters. The van der Waals surface area contributed by atoms with Gasteiger partial charge in [-0.15, -0.1) is 21.5 Å². The topological polar surface area (TPSA) is 90.7 Å². The molecule has 1 aromatic carbocycles. The third-order valence-corrected chi connectivity index (χ3v) is 7.35. The first-order valence-corrected chi connectivity index (χ1v) is 11.4. The summed E-state index contributed by atoms with van der Waals surface area (Å²) in [5, 5.41) is 10.0. The number of hydrogen-bond acceptors (Lipinski definition) is 8. The van der Waals surface area contributed by atoms with E-state index in [9.17, 15) is 0 Å². The lowest BCUT2D eigenvalue weighted by Crippen LogP contribution is -2.09. The summed E-state index contributed by atoms with van der Waals surface area (Å²) in [6.45, 7) is 4.32. The molecule has 0 saturated heterocycles. The van der Waals surface area contributed by atoms with Crippen LogP contribution >= 0.6 is 23.1 Å². The summed E-state index contributed by atoms with van der Waals surface area (Å²) in [6.07, 6.45) is 3.38. The van der Waals surface area contributed by atoms with Crippen LogP contribution < -0.4 is 5.73 Å². The van der Waals surface area contributed by atoms with Crippen molar-refractivity contribution in [3.8, 4) is 11.5 Å². The molecule has 4 aromatic rings. The quantitative estimate of drug-likeness (QED) is 0.352. The van der Waals surface area contributed by atoms with Crippen LogP contribution in [0.3, 0.4) is 0 Å². The molecule has 3 heterocycles. The fourth-order valence-corrected chi connectivity index (χ4v) is 5.96. The number of aryl methyl sites for hydroxylation is 1. The largest absolute Gasteiger partial charge is 0.419 e. The predicted octanol–water partition coefficient (Wildman–Crippen LogP) is 5.30. The van der Waals surface area contributed by atoms with E-state index >= 15 is 0 Å². The molecule has 0 fully saturated rings. The number of hydrogen-bond donors (Lipinski definition) is 1. The summed E-state index contributed by atoms with van der Waals surface area (Å²) in [5.41, 5.74) is 8.61. The Hall–Kier alpha value is -2.45. The second-order valence-corrected chi connectivity index (χ2v) is 9.89. The van der Waals surface area contributed by atoms with E-state index in [0.717, 1.165) is 34.5 Å². The van der Waals surface area contributed by atoms with Gasteiger partial charge in [-0.2, -0.15) is 0 Å². The number of nitrogens with two attached hydrogens (primary N) is 1. The van der Waals surface area contributed by atoms with Crippen LogP contribution in [0.5, 0.6) is 0 Å². The first-order chi connectivity index (χ1) is 14.1. The molecule has 0 spiro atoms.